The lowest BCUT2D eigenvalue weighted by Crippen LogP contribution is -2.29. The van der Waals surface area contributed by atoms with Gasteiger partial charge in [-0.15, -0.1) is 0 Å². The van der Waals surface area contributed by atoms with Gasteiger partial charge < -0.3 is 14.7 Å². The Labute approximate surface area is 221 Å². The van der Waals surface area contributed by atoms with Gasteiger partial charge in [0.05, 0.1) is 12.6 Å². The van der Waals surface area contributed by atoms with Gasteiger partial charge in [-0.05, 0) is 54.3 Å². The number of Topliss-reactive ketones (excluding diaryl/α,β-unsaturated/α-hetero) is 1. The summed E-state index contributed by atoms with van der Waals surface area (Å²) in [5, 5.41) is 13.8. The minimum absolute atomic E-state index is 0.0314. The molecule has 0 spiro atoms. The number of aromatic amines is 1. The zero-order valence-corrected chi connectivity index (χ0v) is 21.3. The smallest absolute Gasteiger partial charge is 0.295 e. The van der Waals surface area contributed by atoms with Gasteiger partial charge >= 0.3 is 0 Å². The molecule has 190 valence electrons. The highest BCUT2D eigenvalue weighted by Gasteiger charge is 2.44. The molecule has 0 aliphatic carbocycles. The van der Waals surface area contributed by atoms with E-state index in [0.29, 0.717) is 17.9 Å². The topological polar surface area (TPSA) is 83.8 Å². The molecule has 38 heavy (non-hydrogen) atoms. The molecular formula is C32H28N2O4. The molecule has 6 heteroatoms. The number of amides is 1. The number of carbonyl (C=O) groups is 2. The molecule has 6 nitrogen and oxygen atoms in total. The Morgan fingerprint density at radius 2 is 1.66 bits per heavy atom. The van der Waals surface area contributed by atoms with Crippen molar-refractivity contribution in [2.75, 3.05) is 0 Å². The summed E-state index contributed by atoms with van der Waals surface area (Å²) >= 11 is 0. The van der Waals surface area contributed by atoms with Crippen molar-refractivity contribution in [3.63, 3.8) is 0 Å². The fraction of sp³-hybridized carbons (Fsp3) is 0.156. The Morgan fingerprint density at radius 1 is 0.921 bits per heavy atom. The summed E-state index contributed by atoms with van der Waals surface area (Å²) in [7, 11) is 0. The molecule has 5 rings (SSSR count). The first-order valence-electron chi connectivity index (χ1n) is 12.5. The van der Waals surface area contributed by atoms with Crippen LogP contribution in [-0.2, 0) is 22.7 Å². The summed E-state index contributed by atoms with van der Waals surface area (Å²) in [5.74, 6) is -1.24. The number of nitrogens with one attached hydrogen (secondary N) is 1. The highest BCUT2D eigenvalue weighted by molar-refractivity contribution is 6.46. The van der Waals surface area contributed by atoms with Crippen molar-refractivity contribution in [1.29, 1.82) is 0 Å². The number of aromatic nitrogens is 1. The van der Waals surface area contributed by atoms with Gasteiger partial charge in [0.2, 0.25) is 5.78 Å². The standard InChI is InChI=1S/C32H28N2O4/c1-21-10-12-25(13-11-21)29-28(31(36)32(37)34(29)19-24-9-6-16-33-18-24)30(35)26-14-15-27(22(2)17-26)38-20-23-7-4-3-5-8-23/h3-18,29,35H,19-20H2,1-2H3. The number of H-pyrrole nitrogens is 1. The Morgan fingerprint density at radius 3 is 2.34 bits per heavy atom. The molecule has 3 aromatic carbocycles. The Balaban J connectivity index is 1.51. The van der Waals surface area contributed by atoms with E-state index in [1.807, 2.05) is 80.6 Å². The van der Waals surface area contributed by atoms with E-state index in [0.717, 1.165) is 27.8 Å². The first kappa shape index (κ1) is 25.0. The first-order valence-corrected chi connectivity index (χ1v) is 12.5. The monoisotopic (exact) mass is 504 g/mol. The van der Waals surface area contributed by atoms with Crippen molar-refractivity contribution in [3.05, 3.63) is 136 Å². The normalized spacial score (nSPS) is 16.6. The molecule has 0 bridgehead atoms. The van der Waals surface area contributed by atoms with Crippen molar-refractivity contribution < 1.29 is 24.4 Å². The van der Waals surface area contributed by atoms with Crippen LogP contribution in [-0.4, -0.2) is 16.6 Å². The van der Waals surface area contributed by atoms with Crippen LogP contribution < -0.4 is 14.8 Å². The van der Waals surface area contributed by atoms with Gasteiger partial charge in [0, 0.05) is 17.2 Å². The number of hydrogen-bond donors (Lipinski definition) is 0. The van der Waals surface area contributed by atoms with Gasteiger partial charge in [-0.1, -0.05) is 72.0 Å². The first-order chi connectivity index (χ1) is 18.4. The Hall–Kier alpha value is -4.71. The fourth-order valence-corrected chi connectivity index (χ4v) is 4.70. The van der Waals surface area contributed by atoms with Crippen LogP contribution in [0.3, 0.4) is 0 Å². The summed E-state index contributed by atoms with van der Waals surface area (Å²) in [4.78, 5) is 31.0. The van der Waals surface area contributed by atoms with Crippen LogP contribution in [0.2, 0.25) is 0 Å². The second-order valence-electron chi connectivity index (χ2n) is 9.48. The van der Waals surface area contributed by atoms with Gasteiger partial charge in [-0.2, -0.15) is 0 Å². The van der Waals surface area contributed by atoms with E-state index in [1.54, 1.807) is 30.6 Å². The van der Waals surface area contributed by atoms with Crippen LogP contribution >= 0.6 is 0 Å². The van der Waals surface area contributed by atoms with Crippen LogP contribution in [0.1, 0.15) is 39.4 Å². The van der Waals surface area contributed by atoms with Gasteiger partial charge in [0.25, 0.3) is 5.91 Å². The number of ether oxygens (including phenoxy) is 1. The minimum Gasteiger partial charge on any atom is -0.872 e. The number of benzene rings is 3. The van der Waals surface area contributed by atoms with Gasteiger partial charge in [0.1, 0.15) is 12.4 Å². The van der Waals surface area contributed by atoms with Crippen LogP contribution in [0, 0.1) is 13.8 Å². The maximum absolute atomic E-state index is 13.8. The van der Waals surface area contributed by atoms with E-state index in [4.69, 9.17) is 4.74 Å². The van der Waals surface area contributed by atoms with Crippen molar-refractivity contribution in [2.24, 2.45) is 0 Å². The van der Waals surface area contributed by atoms with E-state index in [1.165, 1.54) is 4.90 Å². The summed E-state index contributed by atoms with van der Waals surface area (Å²) in [5.41, 5.74) is 4.72. The van der Waals surface area contributed by atoms with Crippen molar-refractivity contribution in [2.45, 2.75) is 33.0 Å². The average molecular weight is 505 g/mol. The van der Waals surface area contributed by atoms with E-state index in [2.05, 4.69) is 4.98 Å². The number of aryl methyl sites for hydroxylation is 2. The largest absolute Gasteiger partial charge is 0.872 e. The lowest BCUT2D eigenvalue weighted by atomic mass is 9.94. The summed E-state index contributed by atoms with van der Waals surface area (Å²) in [6.45, 7) is 4.43. The molecule has 1 aliphatic heterocycles. The van der Waals surface area contributed by atoms with Crippen LogP contribution in [0.25, 0.3) is 5.76 Å². The highest BCUT2D eigenvalue weighted by atomic mass is 16.5. The maximum Gasteiger partial charge on any atom is 0.295 e. The van der Waals surface area contributed by atoms with E-state index >= 15 is 0 Å². The lowest BCUT2D eigenvalue weighted by Gasteiger charge is -2.27. The van der Waals surface area contributed by atoms with Crippen molar-refractivity contribution >= 4 is 17.4 Å². The lowest BCUT2D eigenvalue weighted by molar-refractivity contribution is -0.378. The Bertz CT molecular complexity index is 1500. The number of pyridine rings is 1. The third kappa shape index (κ3) is 5.06. The average Bonchev–Trinajstić information content (AvgIpc) is 3.18. The molecule has 1 fully saturated rings. The molecule has 0 saturated carbocycles. The van der Waals surface area contributed by atoms with Crippen LogP contribution in [0.5, 0.6) is 5.75 Å². The van der Waals surface area contributed by atoms with Gasteiger partial charge in [-0.25, -0.2) is 4.98 Å². The minimum atomic E-state index is -0.780. The number of likely N-dealkylation sites (tertiary alicyclic amines) is 1. The summed E-state index contributed by atoms with van der Waals surface area (Å²) < 4.78 is 5.96. The molecule has 1 aromatic heterocycles. The second kappa shape index (κ2) is 10.7. The molecule has 1 N–H and O–H groups in total. The number of rotatable bonds is 7. The third-order valence-electron chi connectivity index (χ3n) is 6.72. The number of hydrogen-bond acceptors (Lipinski definition) is 4. The highest BCUT2D eigenvalue weighted by Crippen LogP contribution is 2.40. The van der Waals surface area contributed by atoms with Crippen molar-refractivity contribution in [1.82, 2.24) is 4.90 Å². The third-order valence-corrected chi connectivity index (χ3v) is 6.72. The molecule has 1 atom stereocenters. The zero-order chi connectivity index (χ0) is 26.6. The summed E-state index contributed by atoms with van der Waals surface area (Å²) in [6.07, 6.45) is 3.55. The predicted molar refractivity (Wildman–Crippen MR) is 141 cm³/mol. The van der Waals surface area contributed by atoms with E-state index in [9.17, 15) is 14.7 Å². The number of nitrogens with zero attached hydrogens (tertiary/aromatic N) is 1. The predicted octanol–water partition coefficient (Wildman–Crippen LogP) is 4.12. The zero-order valence-electron chi connectivity index (χ0n) is 21.3. The summed E-state index contributed by atoms with van der Waals surface area (Å²) in [6, 6.07) is 25.4. The number of carbonyl (C=O) groups excluding carboxylic acids is 2. The maximum atomic E-state index is 13.8. The van der Waals surface area contributed by atoms with Gasteiger partial charge in [0.15, 0.2) is 12.4 Å². The fourth-order valence-electron chi connectivity index (χ4n) is 4.70. The van der Waals surface area contributed by atoms with E-state index < -0.39 is 23.5 Å². The number of ketones is 1. The molecular weight excluding hydrogens is 476 g/mol. The van der Waals surface area contributed by atoms with Gasteiger partial charge in [-0.3, -0.25) is 9.59 Å². The van der Waals surface area contributed by atoms with E-state index in [-0.39, 0.29) is 12.1 Å². The van der Waals surface area contributed by atoms with Crippen LogP contribution in [0.15, 0.2) is 103 Å². The molecule has 2 heterocycles. The molecule has 1 aliphatic rings. The molecule has 1 amide bonds. The molecule has 1 saturated heterocycles. The SMILES string of the molecule is Cc1ccc(C2C(=C([O-])c3ccc(OCc4ccccc4)c(C)c3)C(=O)C(=O)N2Cc2ccc[nH+]c2)cc1. The molecule has 0 radical (unpaired) electrons. The molecule has 1 unspecified atom stereocenters. The van der Waals surface area contributed by atoms with Crippen LogP contribution in [0.4, 0.5) is 0 Å². The van der Waals surface area contributed by atoms with Crippen molar-refractivity contribution in [3.8, 4) is 5.75 Å². The molecule has 4 aromatic rings. The quantitative estimate of drug-likeness (QED) is 0.215. The Kier molecular flexibility index (Phi) is 7.05. The second-order valence-corrected chi connectivity index (χ2v) is 9.48.